The zero-order valence-corrected chi connectivity index (χ0v) is 19.4. The molecule has 1 unspecified atom stereocenters. The highest BCUT2D eigenvalue weighted by Gasteiger charge is 2.37. The summed E-state index contributed by atoms with van der Waals surface area (Å²) in [6.07, 6.45) is -1.58. The van der Waals surface area contributed by atoms with Crippen LogP contribution in [0.1, 0.15) is 30.4 Å². The molecular formula is C24H26N2O7S. The van der Waals surface area contributed by atoms with Gasteiger partial charge in [0.25, 0.3) is 0 Å². The Hall–Kier alpha value is -3.40. The van der Waals surface area contributed by atoms with Crippen LogP contribution in [-0.4, -0.2) is 61.7 Å². The molecule has 34 heavy (non-hydrogen) atoms. The number of carboxylic acids is 1. The number of benzene rings is 2. The molecule has 1 saturated heterocycles. The van der Waals surface area contributed by atoms with Gasteiger partial charge in [0, 0.05) is 12.0 Å². The van der Waals surface area contributed by atoms with Crippen LogP contribution in [0.3, 0.4) is 0 Å². The second kappa shape index (κ2) is 9.46. The van der Waals surface area contributed by atoms with Gasteiger partial charge in [-0.1, -0.05) is 55.5 Å². The molecule has 9 nitrogen and oxygen atoms in total. The highest BCUT2D eigenvalue weighted by Crippen LogP contribution is 2.44. The molecule has 2 aromatic rings. The average molecular weight is 487 g/mol. The highest BCUT2D eigenvalue weighted by molar-refractivity contribution is 7.91. The zero-order chi connectivity index (χ0) is 24.5. The molecule has 3 N–H and O–H groups in total. The van der Waals surface area contributed by atoms with Crippen LogP contribution < -0.4 is 10.6 Å². The van der Waals surface area contributed by atoms with Crippen molar-refractivity contribution in [1.82, 2.24) is 10.6 Å². The molecule has 180 valence electrons. The summed E-state index contributed by atoms with van der Waals surface area (Å²) in [6, 6.07) is 13.6. The molecular weight excluding hydrogens is 460 g/mol. The van der Waals surface area contributed by atoms with Gasteiger partial charge in [-0.25, -0.2) is 13.2 Å². The molecule has 1 heterocycles. The molecule has 1 aliphatic heterocycles. The van der Waals surface area contributed by atoms with Gasteiger partial charge in [0.15, 0.2) is 9.84 Å². The lowest BCUT2D eigenvalue weighted by Crippen LogP contribution is -2.52. The molecule has 2 aliphatic rings. The van der Waals surface area contributed by atoms with E-state index in [0.717, 1.165) is 22.3 Å². The number of amides is 2. The average Bonchev–Trinajstić information content (AvgIpc) is 3.23. The van der Waals surface area contributed by atoms with Crippen molar-refractivity contribution in [1.29, 1.82) is 0 Å². The molecule has 0 bridgehead atoms. The predicted molar refractivity (Wildman–Crippen MR) is 124 cm³/mol. The number of nitrogens with one attached hydrogen (secondary N) is 2. The molecule has 2 aromatic carbocycles. The van der Waals surface area contributed by atoms with Crippen LogP contribution in [0.15, 0.2) is 48.5 Å². The van der Waals surface area contributed by atoms with E-state index in [-0.39, 0.29) is 29.9 Å². The lowest BCUT2D eigenvalue weighted by molar-refractivity contribution is -0.140. The Kier molecular flexibility index (Phi) is 6.60. The first-order valence-corrected chi connectivity index (χ1v) is 12.8. The van der Waals surface area contributed by atoms with E-state index in [0.29, 0.717) is 0 Å². The maximum atomic E-state index is 12.7. The number of sulfone groups is 1. The first-order chi connectivity index (χ1) is 16.1. The third kappa shape index (κ3) is 5.06. The van der Waals surface area contributed by atoms with Crippen molar-refractivity contribution in [2.24, 2.45) is 5.92 Å². The van der Waals surface area contributed by atoms with E-state index < -0.39 is 46.3 Å². The highest BCUT2D eigenvalue weighted by atomic mass is 32.2. The van der Waals surface area contributed by atoms with Crippen LogP contribution in [-0.2, 0) is 24.2 Å². The van der Waals surface area contributed by atoms with Crippen LogP contribution in [0.5, 0.6) is 0 Å². The number of hydrogen-bond donors (Lipinski definition) is 3. The van der Waals surface area contributed by atoms with Crippen molar-refractivity contribution in [3.8, 4) is 11.1 Å². The van der Waals surface area contributed by atoms with E-state index in [4.69, 9.17) is 4.74 Å². The van der Waals surface area contributed by atoms with E-state index in [9.17, 15) is 27.9 Å². The van der Waals surface area contributed by atoms with Crippen molar-refractivity contribution in [3.63, 3.8) is 0 Å². The maximum Gasteiger partial charge on any atom is 0.407 e. The summed E-state index contributed by atoms with van der Waals surface area (Å²) < 4.78 is 29.0. The van der Waals surface area contributed by atoms with Crippen LogP contribution in [0.4, 0.5) is 4.79 Å². The van der Waals surface area contributed by atoms with Crippen LogP contribution in [0.2, 0.25) is 0 Å². The molecule has 1 aliphatic carbocycles. The van der Waals surface area contributed by atoms with E-state index in [1.165, 1.54) is 0 Å². The number of alkyl carbamates (subject to hydrolysis) is 1. The summed E-state index contributed by atoms with van der Waals surface area (Å²) in [6.45, 7) is 1.71. The summed E-state index contributed by atoms with van der Waals surface area (Å²) in [5.74, 6) is -2.81. The molecule has 1 fully saturated rings. The van der Waals surface area contributed by atoms with Gasteiger partial charge in [-0.15, -0.1) is 0 Å². The van der Waals surface area contributed by atoms with Gasteiger partial charge >= 0.3 is 12.1 Å². The minimum Gasteiger partial charge on any atom is -0.481 e. The Morgan fingerprint density at radius 2 is 1.62 bits per heavy atom. The third-order valence-electron chi connectivity index (χ3n) is 6.30. The number of carbonyl (C=O) groups is 3. The summed E-state index contributed by atoms with van der Waals surface area (Å²) in [5.41, 5.74) is 4.17. The third-order valence-corrected chi connectivity index (χ3v) is 8.20. The number of aliphatic carboxylic acids is 1. The molecule has 2 amide bonds. The zero-order valence-electron chi connectivity index (χ0n) is 18.6. The lowest BCUT2D eigenvalue weighted by atomic mass is 9.98. The predicted octanol–water partition coefficient (Wildman–Crippen LogP) is 1.92. The molecule has 10 heteroatoms. The Bertz CT molecular complexity index is 1180. The standard InChI is InChI=1S/C24H26N2O7S/c1-14-12-34(31,32)13-21(14)25-23(29)20(10-22(27)28)26-24(30)33-11-19-17-8-4-2-6-15(17)16-7-3-5-9-18(16)19/h2-9,14,19-21H,10-13H2,1H3,(H,25,29)(H,26,30)(H,27,28)/t14-,20?,21+/m0/s1. The van der Waals surface area contributed by atoms with Gasteiger partial charge in [-0.05, 0) is 28.2 Å². The number of carbonyl (C=O) groups excluding carboxylic acids is 2. The summed E-state index contributed by atoms with van der Waals surface area (Å²) in [5, 5.41) is 14.1. The van der Waals surface area contributed by atoms with Gasteiger partial charge in [0.1, 0.15) is 12.6 Å². The fourth-order valence-corrected chi connectivity index (χ4v) is 6.78. The first kappa shape index (κ1) is 23.7. The van der Waals surface area contributed by atoms with Crippen molar-refractivity contribution in [3.05, 3.63) is 59.7 Å². The summed E-state index contributed by atoms with van der Waals surface area (Å²) >= 11 is 0. The van der Waals surface area contributed by atoms with Crippen molar-refractivity contribution in [2.75, 3.05) is 18.1 Å². The number of fused-ring (bicyclic) bond motifs is 3. The molecule has 0 spiro atoms. The Morgan fingerprint density at radius 3 is 2.15 bits per heavy atom. The van der Waals surface area contributed by atoms with Crippen molar-refractivity contribution >= 4 is 27.8 Å². The van der Waals surface area contributed by atoms with E-state index in [1.54, 1.807) is 6.92 Å². The maximum absolute atomic E-state index is 12.7. The van der Waals surface area contributed by atoms with Gasteiger partial charge in [-0.3, -0.25) is 9.59 Å². The number of carboxylic acid groups (broad SMARTS) is 1. The number of hydrogen-bond acceptors (Lipinski definition) is 6. The van der Waals surface area contributed by atoms with Gasteiger partial charge in [-0.2, -0.15) is 0 Å². The monoisotopic (exact) mass is 486 g/mol. The number of ether oxygens (including phenoxy) is 1. The second-order valence-corrected chi connectivity index (χ2v) is 10.9. The topological polar surface area (TPSA) is 139 Å². The van der Waals surface area contributed by atoms with Crippen LogP contribution in [0.25, 0.3) is 11.1 Å². The minimum absolute atomic E-state index is 0.0131. The fraction of sp³-hybridized carbons (Fsp3) is 0.375. The van der Waals surface area contributed by atoms with Gasteiger partial charge in [0.05, 0.1) is 17.9 Å². The minimum atomic E-state index is -3.27. The molecule has 3 atom stereocenters. The largest absolute Gasteiger partial charge is 0.481 e. The molecule has 0 radical (unpaired) electrons. The smallest absolute Gasteiger partial charge is 0.407 e. The van der Waals surface area contributed by atoms with Gasteiger partial charge in [0.2, 0.25) is 5.91 Å². The van der Waals surface area contributed by atoms with E-state index >= 15 is 0 Å². The Balaban J connectivity index is 1.41. The Morgan fingerprint density at radius 1 is 1.03 bits per heavy atom. The Labute approximate surface area is 197 Å². The quantitative estimate of drug-likeness (QED) is 0.543. The second-order valence-electron chi connectivity index (χ2n) is 8.79. The van der Waals surface area contributed by atoms with E-state index in [2.05, 4.69) is 10.6 Å². The molecule has 4 rings (SSSR count). The summed E-state index contributed by atoms with van der Waals surface area (Å²) in [4.78, 5) is 36.5. The van der Waals surface area contributed by atoms with Crippen molar-refractivity contribution in [2.45, 2.75) is 31.3 Å². The lowest BCUT2D eigenvalue weighted by Gasteiger charge is -2.22. The SMILES string of the molecule is C[C@H]1CS(=O)(=O)C[C@H]1NC(=O)C(CC(=O)O)NC(=O)OCC1c2ccccc2-c2ccccc21. The summed E-state index contributed by atoms with van der Waals surface area (Å²) in [7, 11) is -3.27. The molecule has 0 aromatic heterocycles. The van der Waals surface area contributed by atoms with Gasteiger partial charge < -0.3 is 20.5 Å². The normalized spacial score (nSPS) is 21.2. The molecule has 0 saturated carbocycles. The first-order valence-electron chi connectivity index (χ1n) is 11.0. The van der Waals surface area contributed by atoms with Crippen molar-refractivity contribution < 1.29 is 32.6 Å². The van der Waals surface area contributed by atoms with E-state index in [1.807, 2.05) is 48.5 Å². The number of rotatable bonds is 7. The fourth-order valence-electron chi connectivity index (χ4n) is 4.66. The van der Waals surface area contributed by atoms with Crippen LogP contribution >= 0.6 is 0 Å². The van der Waals surface area contributed by atoms with Crippen LogP contribution in [0, 0.1) is 5.92 Å².